The molecule has 0 aliphatic rings. The number of carbonyl (C=O) groups excluding carboxylic acids is 2. The highest BCUT2D eigenvalue weighted by Crippen LogP contribution is 2.24. The summed E-state index contributed by atoms with van der Waals surface area (Å²) in [5.74, 6) is -1.05. The zero-order chi connectivity index (χ0) is 17.9. The van der Waals surface area contributed by atoms with Crippen LogP contribution in [0.3, 0.4) is 0 Å². The van der Waals surface area contributed by atoms with Crippen molar-refractivity contribution in [2.45, 2.75) is 12.5 Å². The van der Waals surface area contributed by atoms with E-state index in [0.717, 1.165) is 5.69 Å². The normalized spacial score (nSPS) is 13.0. The fourth-order valence-electron chi connectivity index (χ4n) is 2.30. The van der Waals surface area contributed by atoms with Gasteiger partial charge < -0.3 is 16.0 Å². The summed E-state index contributed by atoms with van der Waals surface area (Å²) in [5, 5.41) is 3.19. The highest BCUT2D eigenvalue weighted by atomic mass is 35.5. The molecule has 1 atom stereocenters. The lowest BCUT2D eigenvalue weighted by Crippen LogP contribution is -2.52. The Morgan fingerprint density at radius 1 is 1.12 bits per heavy atom. The highest BCUT2D eigenvalue weighted by Gasteiger charge is 2.35. The summed E-state index contributed by atoms with van der Waals surface area (Å²) < 4.78 is 0. The van der Waals surface area contributed by atoms with Crippen molar-refractivity contribution in [3.8, 4) is 0 Å². The molecule has 2 amide bonds. The monoisotopic (exact) mass is 345 g/mol. The minimum Gasteiger partial charge on any atom is -0.378 e. The van der Waals surface area contributed by atoms with Crippen LogP contribution in [0.4, 0.5) is 5.69 Å². The minimum absolute atomic E-state index is 0.389. The van der Waals surface area contributed by atoms with Gasteiger partial charge in [0.1, 0.15) is 5.54 Å². The predicted molar refractivity (Wildman–Crippen MR) is 96.2 cm³/mol. The van der Waals surface area contributed by atoms with Gasteiger partial charge in [0.2, 0.25) is 5.91 Å². The molecule has 0 fully saturated rings. The van der Waals surface area contributed by atoms with E-state index in [-0.39, 0.29) is 5.91 Å². The lowest BCUT2D eigenvalue weighted by Gasteiger charge is -2.28. The van der Waals surface area contributed by atoms with Crippen molar-refractivity contribution in [1.29, 1.82) is 0 Å². The van der Waals surface area contributed by atoms with Crippen LogP contribution >= 0.6 is 11.6 Å². The number of nitrogens with two attached hydrogens (primary N) is 1. The Labute approximate surface area is 146 Å². The number of halogens is 1. The Hall–Kier alpha value is -2.53. The Kier molecular flexibility index (Phi) is 5.14. The fourth-order valence-corrected chi connectivity index (χ4v) is 2.49. The Morgan fingerprint density at radius 3 is 2.38 bits per heavy atom. The zero-order valence-electron chi connectivity index (χ0n) is 13.8. The number of carbonyl (C=O) groups is 2. The van der Waals surface area contributed by atoms with E-state index >= 15 is 0 Å². The number of hydrogen-bond donors (Lipinski definition) is 2. The van der Waals surface area contributed by atoms with Crippen molar-refractivity contribution in [3.05, 3.63) is 64.7 Å². The average Bonchev–Trinajstić information content (AvgIpc) is 2.54. The van der Waals surface area contributed by atoms with E-state index < -0.39 is 11.4 Å². The van der Waals surface area contributed by atoms with E-state index in [2.05, 4.69) is 5.32 Å². The molecule has 2 aromatic carbocycles. The van der Waals surface area contributed by atoms with Crippen LogP contribution in [-0.4, -0.2) is 25.9 Å². The van der Waals surface area contributed by atoms with Crippen molar-refractivity contribution < 1.29 is 9.59 Å². The van der Waals surface area contributed by atoms with Gasteiger partial charge in [-0.05, 0) is 42.8 Å². The molecule has 0 spiro atoms. The molecular formula is C18H20ClN3O2. The Bertz CT molecular complexity index is 776. The second kappa shape index (κ2) is 6.93. The molecule has 2 rings (SSSR count). The van der Waals surface area contributed by atoms with Crippen LogP contribution in [-0.2, 0) is 10.3 Å². The van der Waals surface area contributed by atoms with Crippen LogP contribution in [0.25, 0.3) is 0 Å². The van der Waals surface area contributed by atoms with Crippen molar-refractivity contribution in [2.24, 2.45) is 5.73 Å². The van der Waals surface area contributed by atoms with Gasteiger partial charge in [-0.1, -0.05) is 29.8 Å². The van der Waals surface area contributed by atoms with Crippen LogP contribution < -0.4 is 16.0 Å². The van der Waals surface area contributed by atoms with Gasteiger partial charge in [0, 0.05) is 30.4 Å². The van der Waals surface area contributed by atoms with Gasteiger partial charge in [0.05, 0.1) is 0 Å². The molecule has 1 unspecified atom stereocenters. The smallest absolute Gasteiger partial charge is 0.252 e. The van der Waals surface area contributed by atoms with Gasteiger partial charge in [0.15, 0.2) is 0 Å². The van der Waals surface area contributed by atoms with E-state index in [9.17, 15) is 9.59 Å². The summed E-state index contributed by atoms with van der Waals surface area (Å²) in [4.78, 5) is 26.5. The summed E-state index contributed by atoms with van der Waals surface area (Å²) >= 11 is 5.99. The SMILES string of the molecule is CN(C)c1cccc(C(=O)NC(C)(C(N)=O)c2cccc(Cl)c2)c1. The molecule has 0 aliphatic heterocycles. The molecule has 2 aromatic rings. The molecule has 0 aliphatic carbocycles. The molecule has 126 valence electrons. The van der Waals surface area contributed by atoms with Gasteiger partial charge >= 0.3 is 0 Å². The first-order valence-electron chi connectivity index (χ1n) is 7.40. The van der Waals surface area contributed by atoms with Crippen molar-refractivity contribution in [1.82, 2.24) is 5.32 Å². The quantitative estimate of drug-likeness (QED) is 0.874. The third-order valence-corrected chi connectivity index (χ3v) is 4.12. The molecule has 5 nitrogen and oxygen atoms in total. The zero-order valence-corrected chi connectivity index (χ0v) is 14.6. The standard InChI is InChI=1S/C18H20ClN3O2/c1-18(17(20)24,13-7-5-8-14(19)11-13)21-16(23)12-6-4-9-15(10-12)22(2)3/h4-11H,1-3H3,(H2,20,24)(H,21,23). The molecule has 0 aromatic heterocycles. The van der Waals surface area contributed by atoms with Crippen molar-refractivity contribution in [2.75, 3.05) is 19.0 Å². The maximum Gasteiger partial charge on any atom is 0.252 e. The van der Waals surface area contributed by atoms with Gasteiger partial charge in [-0.25, -0.2) is 0 Å². The second-order valence-corrected chi connectivity index (χ2v) is 6.33. The number of benzene rings is 2. The van der Waals surface area contributed by atoms with Crippen LogP contribution in [0, 0.1) is 0 Å². The van der Waals surface area contributed by atoms with Gasteiger partial charge in [-0.2, -0.15) is 0 Å². The van der Waals surface area contributed by atoms with Crippen LogP contribution in [0.15, 0.2) is 48.5 Å². The molecule has 0 saturated carbocycles. The Balaban J connectivity index is 2.36. The first kappa shape index (κ1) is 17.8. The molecule has 3 N–H and O–H groups in total. The maximum absolute atomic E-state index is 12.6. The molecule has 0 heterocycles. The summed E-state index contributed by atoms with van der Waals surface area (Å²) in [5.41, 5.74) is 6.04. The molecule has 0 bridgehead atoms. The number of amides is 2. The van der Waals surface area contributed by atoms with Gasteiger partial charge in [-0.15, -0.1) is 0 Å². The molecular weight excluding hydrogens is 326 g/mol. The fraction of sp³-hybridized carbons (Fsp3) is 0.222. The van der Waals surface area contributed by atoms with Gasteiger partial charge in [-0.3, -0.25) is 9.59 Å². The summed E-state index contributed by atoms with van der Waals surface area (Å²) in [7, 11) is 3.77. The second-order valence-electron chi connectivity index (χ2n) is 5.90. The summed E-state index contributed by atoms with van der Waals surface area (Å²) in [6, 6.07) is 13.8. The molecule has 24 heavy (non-hydrogen) atoms. The van der Waals surface area contributed by atoms with Crippen LogP contribution in [0.2, 0.25) is 5.02 Å². The van der Waals surface area contributed by atoms with E-state index in [1.54, 1.807) is 49.4 Å². The highest BCUT2D eigenvalue weighted by molar-refractivity contribution is 6.30. The third kappa shape index (κ3) is 3.68. The Morgan fingerprint density at radius 2 is 1.79 bits per heavy atom. The largest absolute Gasteiger partial charge is 0.378 e. The van der Waals surface area contributed by atoms with Crippen molar-refractivity contribution >= 4 is 29.1 Å². The molecule has 0 saturated heterocycles. The lowest BCUT2D eigenvalue weighted by molar-refractivity contribution is -0.123. The van der Waals surface area contributed by atoms with Crippen LogP contribution in [0.5, 0.6) is 0 Å². The van der Waals surface area contributed by atoms with Crippen molar-refractivity contribution in [3.63, 3.8) is 0 Å². The maximum atomic E-state index is 12.6. The number of nitrogens with one attached hydrogen (secondary N) is 1. The van der Waals surface area contributed by atoms with Gasteiger partial charge in [0.25, 0.3) is 5.91 Å². The number of primary amides is 1. The first-order valence-corrected chi connectivity index (χ1v) is 7.77. The number of nitrogens with zero attached hydrogens (tertiary/aromatic N) is 1. The van der Waals surface area contributed by atoms with E-state index in [1.165, 1.54) is 0 Å². The summed E-state index contributed by atoms with van der Waals surface area (Å²) in [6.07, 6.45) is 0. The number of hydrogen-bond acceptors (Lipinski definition) is 3. The van der Waals surface area contributed by atoms with E-state index in [1.807, 2.05) is 25.1 Å². The number of rotatable bonds is 5. The minimum atomic E-state index is -1.36. The van der Waals surface area contributed by atoms with E-state index in [4.69, 9.17) is 17.3 Å². The topological polar surface area (TPSA) is 75.4 Å². The first-order chi connectivity index (χ1) is 11.2. The third-order valence-electron chi connectivity index (χ3n) is 3.88. The number of anilines is 1. The van der Waals surface area contributed by atoms with E-state index in [0.29, 0.717) is 16.1 Å². The van der Waals surface area contributed by atoms with Crippen LogP contribution in [0.1, 0.15) is 22.8 Å². The molecule has 6 heteroatoms. The average molecular weight is 346 g/mol. The predicted octanol–water partition coefficient (Wildman–Crippen LogP) is 2.54. The summed E-state index contributed by atoms with van der Waals surface area (Å²) in [6.45, 7) is 1.56. The lowest BCUT2D eigenvalue weighted by atomic mass is 9.90. The molecule has 0 radical (unpaired) electrons.